The second kappa shape index (κ2) is 8.15. The molecule has 0 amide bonds. The van der Waals surface area contributed by atoms with Crippen molar-refractivity contribution in [2.75, 3.05) is 0 Å². The SMILES string of the molecule is O=C(CCCCn1cnc([N+](=O)[O-])n1)c1ccc(-c2ccccc2)cc1. The third-order valence-corrected chi connectivity index (χ3v) is 4.04. The van der Waals surface area contributed by atoms with Crippen LogP contribution in [0, 0.1) is 10.1 Å². The summed E-state index contributed by atoms with van der Waals surface area (Å²) in [7, 11) is 0. The summed E-state index contributed by atoms with van der Waals surface area (Å²) in [6.45, 7) is 0.501. The van der Waals surface area contributed by atoms with Gasteiger partial charge >= 0.3 is 5.95 Å². The summed E-state index contributed by atoms with van der Waals surface area (Å²) in [5.74, 6) is -0.311. The fourth-order valence-corrected chi connectivity index (χ4v) is 2.66. The van der Waals surface area contributed by atoms with Gasteiger partial charge in [-0.1, -0.05) is 59.6 Å². The number of nitro groups is 1. The monoisotopic (exact) mass is 350 g/mol. The Hall–Kier alpha value is -3.35. The molecule has 0 unspecified atom stereocenters. The Balaban J connectivity index is 1.48. The Bertz CT molecular complexity index is 889. The zero-order valence-corrected chi connectivity index (χ0v) is 14.1. The average molecular weight is 350 g/mol. The van der Waals surface area contributed by atoms with Crippen molar-refractivity contribution in [3.8, 4) is 11.1 Å². The lowest BCUT2D eigenvalue weighted by atomic mass is 10.0. The number of hydrogen-bond donors (Lipinski definition) is 0. The molecule has 0 saturated carbocycles. The molecule has 132 valence electrons. The van der Waals surface area contributed by atoms with Gasteiger partial charge in [-0.3, -0.25) is 4.79 Å². The van der Waals surface area contributed by atoms with E-state index >= 15 is 0 Å². The lowest BCUT2D eigenvalue weighted by Gasteiger charge is -2.04. The van der Waals surface area contributed by atoms with E-state index in [1.165, 1.54) is 11.0 Å². The van der Waals surface area contributed by atoms with Gasteiger partial charge < -0.3 is 10.1 Å². The molecule has 0 atom stereocenters. The summed E-state index contributed by atoms with van der Waals surface area (Å²) in [6, 6.07) is 17.6. The Morgan fingerprint density at radius 3 is 2.35 bits per heavy atom. The standard InChI is InChI=1S/C19H18N4O3/c24-18(8-4-5-13-22-14-20-19(21-22)23(25)26)17-11-9-16(10-12-17)15-6-2-1-3-7-15/h1-3,6-7,9-12,14H,4-5,8,13H2. The van der Waals surface area contributed by atoms with E-state index in [1.54, 1.807) is 0 Å². The second-order valence-electron chi connectivity index (χ2n) is 5.89. The number of unbranched alkanes of at least 4 members (excludes halogenated alkanes) is 1. The number of carbonyl (C=O) groups excluding carboxylic acids is 1. The van der Waals surface area contributed by atoms with Gasteiger partial charge in [0.15, 0.2) is 5.78 Å². The lowest BCUT2D eigenvalue weighted by molar-refractivity contribution is -0.394. The van der Waals surface area contributed by atoms with Crippen LogP contribution in [0.3, 0.4) is 0 Å². The molecule has 7 nitrogen and oxygen atoms in total. The molecular weight excluding hydrogens is 332 g/mol. The van der Waals surface area contributed by atoms with Gasteiger partial charge in [0.25, 0.3) is 0 Å². The molecule has 7 heteroatoms. The number of Topliss-reactive ketones (excluding diaryl/α,β-unsaturated/α-hetero) is 1. The largest absolute Gasteiger partial charge is 0.490 e. The Kier molecular flexibility index (Phi) is 5.48. The van der Waals surface area contributed by atoms with Crippen LogP contribution in [-0.4, -0.2) is 25.5 Å². The summed E-state index contributed by atoms with van der Waals surface area (Å²) in [5, 5.41) is 14.3. The number of aryl methyl sites for hydroxylation is 1. The summed E-state index contributed by atoms with van der Waals surface area (Å²) in [4.78, 5) is 25.8. The van der Waals surface area contributed by atoms with Crippen molar-refractivity contribution < 1.29 is 9.72 Å². The zero-order chi connectivity index (χ0) is 18.4. The molecule has 0 spiro atoms. The van der Waals surface area contributed by atoms with E-state index in [1.807, 2.05) is 54.6 Å². The van der Waals surface area contributed by atoms with Crippen LogP contribution in [0.1, 0.15) is 29.6 Å². The summed E-state index contributed by atoms with van der Waals surface area (Å²) >= 11 is 0. The fraction of sp³-hybridized carbons (Fsp3) is 0.211. The van der Waals surface area contributed by atoms with Crippen LogP contribution in [-0.2, 0) is 6.54 Å². The molecular formula is C19H18N4O3. The minimum atomic E-state index is -0.626. The molecule has 0 aliphatic heterocycles. The first-order chi connectivity index (χ1) is 12.6. The maximum absolute atomic E-state index is 12.3. The van der Waals surface area contributed by atoms with E-state index in [0.717, 1.165) is 11.1 Å². The molecule has 0 aliphatic rings. The van der Waals surface area contributed by atoms with Crippen LogP contribution >= 0.6 is 0 Å². The molecule has 0 aliphatic carbocycles. The highest BCUT2D eigenvalue weighted by atomic mass is 16.6. The third-order valence-electron chi connectivity index (χ3n) is 4.04. The molecule has 3 aromatic rings. The number of carbonyl (C=O) groups is 1. The summed E-state index contributed by atoms with van der Waals surface area (Å²) in [5.41, 5.74) is 2.89. The molecule has 0 bridgehead atoms. The van der Waals surface area contributed by atoms with Gasteiger partial charge in [-0.15, -0.1) is 0 Å². The third kappa shape index (κ3) is 4.38. The van der Waals surface area contributed by atoms with Crippen molar-refractivity contribution in [2.45, 2.75) is 25.8 Å². The molecule has 26 heavy (non-hydrogen) atoms. The maximum atomic E-state index is 12.3. The van der Waals surface area contributed by atoms with Crippen LogP contribution < -0.4 is 0 Å². The first-order valence-corrected chi connectivity index (χ1v) is 8.36. The van der Waals surface area contributed by atoms with Crippen molar-refractivity contribution >= 4 is 11.7 Å². The molecule has 0 radical (unpaired) electrons. The predicted octanol–water partition coefficient (Wildman–Crippen LogP) is 3.91. The molecule has 1 aromatic heterocycles. The first-order valence-electron chi connectivity index (χ1n) is 8.36. The predicted molar refractivity (Wildman–Crippen MR) is 96.7 cm³/mol. The van der Waals surface area contributed by atoms with E-state index in [2.05, 4.69) is 10.1 Å². The van der Waals surface area contributed by atoms with Gasteiger partial charge in [0, 0.05) is 17.1 Å². The normalized spacial score (nSPS) is 10.6. The van der Waals surface area contributed by atoms with Gasteiger partial charge in [-0.05, 0) is 28.9 Å². The van der Waals surface area contributed by atoms with Gasteiger partial charge in [-0.25, -0.2) is 0 Å². The van der Waals surface area contributed by atoms with Crippen molar-refractivity contribution in [1.29, 1.82) is 0 Å². The average Bonchev–Trinajstić information content (AvgIpc) is 3.15. The topological polar surface area (TPSA) is 90.9 Å². The highest BCUT2D eigenvalue weighted by molar-refractivity contribution is 5.96. The van der Waals surface area contributed by atoms with Crippen molar-refractivity contribution in [2.24, 2.45) is 0 Å². The van der Waals surface area contributed by atoms with Crippen molar-refractivity contribution in [3.05, 3.63) is 76.6 Å². The number of aromatic nitrogens is 3. The second-order valence-corrected chi connectivity index (χ2v) is 5.89. The zero-order valence-electron chi connectivity index (χ0n) is 14.1. The Morgan fingerprint density at radius 2 is 1.69 bits per heavy atom. The number of nitrogens with zero attached hydrogens (tertiary/aromatic N) is 4. The fourth-order valence-electron chi connectivity index (χ4n) is 2.66. The lowest BCUT2D eigenvalue weighted by Crippen LogP contribution is -2.03. The smallest absolute Gasteiger partial charge is 0.390 e. The summed E-state index contributed by atoms with van der Waals surface area (Å²) < 4.78 is 1.43. The minimum absolute atomic E-state index is 0.0918. The first kappa shape index (κ1) is 17.5. The Morgan fingerprint density at radius 1 is 1.00 bits per heavy atom. The van der Waals surface area contributed by atoms with Gasteiger partial charge in [0.05, 0.1) is 6.54 Å². The van der Waals surface area contributed by atoms with Crippen LogP contribution in [0.2, 0.25) is 0 Å². The molecule has 3 rings (SSSR count). The summed E-state index contributed by atoms with van der Waals surface area (Å²) in [6.07, 6.45) is 3.16. The quantitative estimate of drug-likeness (QED) is 0.266. The molecule has 2 aromatic carbocycles. The van der Waals surface area contributed by atoms with E-state index in [-0.39, 0.29) is 5.78 Å². The van der Waals surface area contributed by atoms with E-state index in [4.69, 9.17) is 0 Å². The molecule has 1 heterocycles. The van der Waals surface area contributed by atoms with Crippen LogP contribution in [0.25, 0.3) is 11.1 Å². The van der Waals surface area contributed by atoms with Gasteiger partial charge in [-0.2, -0.15) is 4.68 Å². The number of ketones is 1. The number of benzene rings is 2. The number of rotatable bonds is 8. The molecule has 0 saturated heterocycles. The van der Waals surface area contributed by atoms with Gasteiger partial charge in [0.2, 0.25) is 6.33 Å². The van der Waals surface area contributed by atoms with E-state index in [0.29, 0.717) is 31.4 Å². The Labute approximate surface area is 150 Å². The van der Waals surface area contributed by atoms with E-state index < -0.39 is 10.9 Å². The van der Waals surface area contributed by atoms with Crippen molar-refractivity contribution in [1.82, 2.24) is 14.8 Å². The molecule has 0 N–H and O–H groups in total. The maximum Gasteiger partial charge on any atom is 0.490 e. The van der Waals surface area contributed by atoms with Crippen LogP contribution in [0.15, 0.2) is 60.9 Å². The van der Waals surface area contributed by atoms with Crippen LogP contribution in [0.4, 0.5) is 5.95 Å². The minimum Gasteiger partial charge on any atom is -0.390 e. The highest BCUT2D eigenvalue weighted by Crippen LogP contribution is 2.20. The number of hydrogen-bond acceptors (Lipinski definition) is 5. The highest BCUT2D eigenvalue weighted by Gasteiger charge is 2.13. The molecule has 0 fully saturated rings. The van der Waals surface area contributed by atoms with Gasteiger partial charge in [0.1, 0.15) is 0 Å². The van der Waals surface area contributed by atoms with E-state index in [9.17, 15) is 14.9 Å². The van der Waals surface area contributed by atoms with Crippen molar-refractivity contribution in [3.63, 3.8) is 0 Å². The van der Waals surface area contributed by atoms with Crippen LogP contribution in [0.5, 0.6) is 0 Å².